The van der Waals surface area contributed by atoms with Crippen molar-refractivity contribution in [3.05, 3.63) is 29.8 Å². The Kier molecular flexibility index (Phi) is 10.4. The van der Waals surface area contributed by atoms with E-state index in [0.29, 0.717) is 70.6 Å². The Bertz CT molecular complexity index is 939. The van der Waals surface area contributed by atoms with Crippen molar-refractivity contribution in [1.29, 1.82) is 5.41 Å². The van der Waals surface area contributed by atoms with Crippen LogP contribution in [0.25, 0.3) is 0 Å². The number of urea groups is 1. The smallest absolute Gasteiger partial charge is 0.317 e. The number of amidine groups is 1. The number of benzene rings is 1. The Morgan fingerprint density at radius 3 is 2.16 bits per heavy atom. The van der Waals surface area contributed by atoms with E-state index in [1.165, 1.54) is 0 Å². The van der Waals surface area contributed by atoms with Crippen molar-refractivity contribution in [1.82, 2.24) is 15.1 Å². The molecule has 4 rings (SSSR count). The number of amides is 3. The molecule has 0 spiro atoms. The number of morpholine rings is 1. The maximum absolute atomic E-state index is 12.8. The molecule has 0 aromatic heterocycles. The van der Waals surface area contributed by atoms with Crippen LogP contribution in [0.3, 0.4) is 0 Å². The Balaban J connectivity index is 0.00000380. The number of nitrogens with zero attached hydrogens (tertiary/aromatic N) is 3. The highest BCUT2D eigenvalue weighted by Gasteiger charge is 2.30. The fraction of sp³-hybridized carbons (Fsp3) is 0.600. The number of hydrogen-bond donors (Lipinski definition) is 3. The fourth-order valence-electron chi connectivity index (χ4n) is 4.91. The number of esters is 1. The van der Waals surface area contributed by atoms with Gasteiger partial charge in [0.05, 0.1) is 19.1 Å². The van der Waals surface area contributed by atoms with E-state index in [1.807, 2.05) is 29.2 Å². The molecule has 2 aliphatic heterocycles. The van der Waals surface area contributed by atoms with E-state index in [0.717, 1.165) is 18.8 Å². The zero-order valence-corrected chi connectivity index (χ0v) is 21.8. The number of nitrogens with one attached hydrogen (secondary N) is 2. The molecule has 12 heteroatoms. The number of hydrogen-bond acceptors (Lipinski definition) is 7. The summed E-state index contributed by atoms with van der Waals surface area (Å²) in [5.74, 6) is -0.684. The first-order valence-corrected chi connectivity index (χ1v) is 12.7. The van der Waals surface area contributed by atoms with Crippen LogP contribution in [0.4, 0.5) is 10.5 Å². The van der Waals surface area contributed by atoms with Crippen LogP contribution in [0, 0.1) is 11.3 Å². The summed E-state index contributed by atoms with van der Waals surface area (Å²) in [5.41, 5.74) is 7.27. The first kappa shape index (κ1) is 28.5. The van der Waals surface area contributed by atoms with Crippen LogP contribution in [0.2, 0.25) is 0 Å². The minimum atomic E-state index is -0.325. The quantitative estimate of drug-likeness (QED) is 0.281. The molecular formula is C25H37ClN6O5. The highest BCUT2D eigenvalue weighted by molar-refractivity contribution is 5.95. The number of carbonyl (C=O) groups is 3. The highest BCUT2D eigenvalue weighted by Crippen LogP contribution is 2.26. The predicted octanol–water partition coefficient (Wildman–Crippen LogP) is 1.18. The van der Waals surface area contributed by atoms with Crippen LogP contribution in [-0.4, -0.2) is 98.7 Å². The molecule has 0 atom stereocenters. The number of ether oxygens (including phenoxy) is 2. The standard InChI is InChI=1S/C25H36N6O5.ClH/c26-23(27)18-3-7-21(8-4-18)29-9-11-31(12-10-29)25(34)28-20-5-1-19(2-6-20)24(33)36-17-22(32)30-13-15-35-16-14-30;/h3-4,7-8,19-20H,1-2,5-6,9-17H2,(H3,26,27)(H,28,34);1H. The van der Waals surface area contributed by atoms with Gasteiger partial charge in [0.1, 0.15) is 5.84 Å². The molecule has 204 valence electrons. The molecule has 11 nitrogen and oxygen atoms in total. The molecule has 0 radical (unpaired) electrons. The minimum Gasteiger partial charge on any atom is -0.455 e. The molecule has 3 amide bonds. The summed E-state index contributed by atoms with van der Waals surface area (Å²) in [7, 11) is 0. The van der Waals surface area contributed by atoms with Crippen LogP contribution in [0.15, 0.2) is 24.3 Å². The maximum atomic E-state index is 12.8. The van der Waals surface area contributed by atoms with E-state index in [-0.39, 0.29) is 54.7 Å². The van der Waals surface area contributed by atoms with Gasteiger partial charge >= 0.3 is 12.0 Å². The summed E-state index contributed by atoms with van der Waals surface area (Å²) in [6.07, 6.45) is 2.70. The normalized spacial score (nSPS) is 22.0. The molecule has 3 fully saturated rings. The number of piperazine rings is 1. The van der Waals surface area contributed by atoms with Gasteiger partial charge in [-0.25, -0.2) is 4.79 Å². The largest absolute Gasteiger partial charge is 0.455 e. The number of anilines is 1. The second-order valence-corrected chi connectivity index (χ2v) is 9.53. The van der Waals surface area contributed by atoms with Gasteiger partial charge in [0.2, 0.25) is 0 Å². The molecule has 1 aromatic carbocycles. The molecule has 37 heavy (non-hydrogen) atoms. The van der Waals surface area contributed by atoms with Gasteiger partial charge in [-0.3, -0.25) is 15.0 Å². The lowest BCUT2D eigenvalue weighted by molar-refractivity contribution is -0.157. The first-order valence-electron chi connectivity index (χ1n) is 12.7. The van der Waals surface area contributed by atoms with Gasteiger partial charge in [0.25, 0.3) is 5.91 Å². The van der Waals surface area contributed by atoms with Gasteiger partial charge in [-0.2, -0.15) is 0 Å². The highest BCUT2D eigenvalue weighted by atomic mass is 35.5. The summed E-state index contributed by atoms with van der Waals surface area (Å²) in [6, 6.07) is 7.55. The van der Waals surface area contributed by atoms with Crippen LogP contribution in [-0.2, 0) is 19.1 Å². The predicted molar refractivity (Wildman–Crippen MR) is 141 cm³/mol. The Labute approximate surface area is 223 Å². The van der Waals surface area contributed by atoms with Crippen molar-refractivity contribution in [2.75, 3.05) is 64.0 Å². The summed E-state index contributed by atoms with van der Waals surface area (Å²) in [5, 5.41) is 10.6. The average molecular weight is 537 g/mol. The van der Waals surface area contributed by atoms with Crippen LogP contribution in [0.5, 0.6) is 0 Å². The fourth-order valence-corrected chi connectivity index (χ4v) is 4.91. The second kappa shape index (κ2) is 13.5. The van der Waals surface area contributed by atoms with Crippen molar-refractivity contribution >= 4 is 41.8 Å². The summed E-state index contributed by atoms with van der Waals surface area (Å²) < 4.78 is 10.5. The number of rotatable bonds is 6. The average Bonchev–Trinajstić information content (AvgIpc) is 2.92. The van der Waals surface area contributed by atoms with Crippen LogP contribution in [0.1, 0.15) is 31.2 Å². The van der Waals surface area contributed by atoms with Gasteiger partial charge in [-0.05, 0) is 49.9 Å². The van der Waals surface area contributed by atoms with E-state index in [2.05, 4.69) is 10.2 Å². The SMILES string of the molecule is Cl.N=C(N)c1ccc(N2CCN(C(=O)NC3CCC(C(=O)OCC(=O)N4CCOCC4)CC3)CC2)cc1. The Morgan fingerprint density at radius 2 is 1.57 bits per heavy atom. The van der Waals surface area contributed by atoms with Gasteiger partial charge in [0, 0.05) is 56.6 Å². The van der Waals surface area contributed by atoms with Gasteiger partial charge in [0.15, 0.2) is 6.61 Å². The molecule has 2 saturated heterocycles. The van der Waals surface area contributed by atoms with E-state index in [4.69, 9.17) is 20.6 Å². The molecule has 0 bridgehead atoms. The topological polar surface area (TPSA) is 141 Å². The minimum absolute atomic E-state index is 0. The lowest BCUT2D eigenvalue weighted by Crippen LogP contribution is -2.54. The first-order chi connectivity index (χ1) is 17.4. The summed E-state index contributed by atoms with van der Waals surface area (Å²) in [6.45, 7) is 4.58. The third kappa shape index (κ3) is 7.72. The van der Waals surface area contributed by atoms with E-state index in [9.17, 15) is 14.4 Å². The van der Waals surface area contributed by atoms with Crippen molar-refractivity contribution in [2.45, 2.75) is 31.7 Å². The number of halogens is 1. The Morgan fingerprint density at radius 1 is 0.946 bits per heavy atom. The third-order valence-corrected chi connectivity index (χ3v) is 7.20. The van der Waals surface area contributed by atoms with E-state index >= 15 is 0 Å². The lowest BCUT2D eigenvalue weighted by Gasteiger charge is -2.37. The van der Waals surface area contributed by atoms with Crippen molar-refractivity contribution < 1.29 is 23.9 Å². The molecular weight excluding hydrogens is 500 g/mol. The lowest BCUT2D eigenvalue weighted by atomic mass is 9.86. The molecule has 1 saturated carbocycles. The number of nitrogens with two attached hydrogens (primary N) is 1. The zero-order valence-electron chi connectivity index (χ0n) is 21.0. The van der Waals surface area contributed by atoms with Crippen LogP contribution < -0.4 is 16.0 Å². The van der Waals surface area contributed by atoms with Crippen LogP contribution >= 0.6 is 12.4 Å². The van der Waals surface area contributed by atoms with E-state index < -0.39 is 0 Å². The molecule has 1 aliphatic carbocycles. The molecule has 1 aromatic rings. The monoisotopic (exact) mass is 536 g/mol. The number of carbonyl (C=O) groups excluding carboxylic acids is 3. The third-order valence-electron chi connectivity index (χ3n) is 7.20. The Hall–Kier alpha value is -3.05. The maximum Gasteiger partial charge on any atom is 0.317 e. The van der Waals surface area contributed by atoms with Crippen molar-refractivity contribution in [3.63, 3.8) is 0 Å². The molecule has 4 N–H and O–H groups in total. The van der Waals surface area contributed by atoms with Gasteiger partial charge in [-0.15, -0.1) is 12.4 Å². The van der Waals surface area contributed by atoms with E-state index in [1.54, 1.807) is 4.90 Å². The van der Waals surface area contributed by atoms with Crippen molar-refractivity contribution in [3.8, 4) is 0 Å². The van der Waals surface area contributed by atoms with Gasteiger partial charge in [-0.1, -0.05) is 0 Å². The molecule has 3 aliphatic rings. The molecule has 2 heterocycles. The van der Waals surface area contributed by atoms with Crippen molar-refractivity contribution in [2.24, 2.45) is 11.7 Å². The second-order valence-electron chi connectivity index (χ2n) is 9.53. The summed E-state index contributed by atoms with van der Waals surface area (Å²) >= 11 is 0. The zero-order chi connectivity index (χ0) is 25.5. The molecule has 0 unspecified atom stereocenters. The number of nitrogen functional groups attached to an aromatic ring is 1. The summed E-state index contributed by atoms with van der Waals surface area (Å²) in [4.78, 5) is 43.1. The van der Waals surface area contributed by atoms with Gasteiger partial charge < -0.3 is 35.2 Å².